The van der Waals surface area contributed by atoms with Crippen molar-refractivity contribution < 1.29 is 0 Å². The first-order valence-corrected chi connectivity index (χ1v) is 13.2. The van der Waals surface area contributed by atoms with Gasteiger partial charge in [0.15, 0.2) is 0 Å². The van der Waals surface area contributed by atoms with Crippen molar-refractivity contribution in [2.45, 2.75) is 61.5 Å². The quantitative estimate of drug-likeness (QED) is 0.525. The zero-order chi connectivity index (χ0) is 11.6. The monoisotopic (exact) mass is 266 g/mol. The van der Waals surface area contributed by atoms with Gasteiger partial charge >= 0.3 is 98.5 Å². The Morgan fingerprint density at radius 2 is 1.13 bits per heavy atom. The first-order chi connectivity index (χ1) is 7.12. The summed E-state index contributed by atoms with van der Waals surface area (Å²) in [6.07, 6.45) is 4.47. The average Bonchev–Trinajstić information content (AvgIpc) is 2.20. The molecule has 0 fully saturated rings. The van der Waals surface area contributed by atoms with Gasteiger partial charge in [0.25, 0.3) is 0 Å². The van der Waals surface area contributed by atoms with Crippen LogP contribution in [0, 0.1) is 23.7 Å². The predicted molar refractivity (Wildman–Crippen MR) is 72.5 cm³/mol. The molecule has 0 saturated heterocycles. The summed E-state index contributed by atoms with van der Waals surface area (Å²) >= 11 is -1.64. The Morgan fingerprint density at radius 1 is 0.733 bits per heavy atom. The fraction of sp³-hybridized carbons (Fsp3) is 0.714. The third-order valence-electron chi connectivity index (χ3n) is 2.13. The van der Waals surface area contributed by atoms with Crippen molar-refractivity contribution in [3.8, 4) is 23.7 Å². The maximum atomic E-state index is 3.33. The Kier molecular flexibility index (Phi) is 8.73. The Balaban J connectivity index is 3.88. The molecule has 0 unspecified atom stereocenters. The van der Waals surface area contributed by atoms with Gasteiger partial charge in [0, 0.05) is 0 Å². The van der Waals surface area contributed by atoms with Crippen LogP contribution in [-0.2, 0) is 0 Å². The molecular weight excluding hydrogens is 241 g/mol. The number of unbranched alkanes of at least 4 members (excludes halogenated alkanes) is 2. The van der Waals surface area contributed by atoms with Gasteiger partial charge in [-0.1, -0.05) is 0 Å². The average molecular weight is 265 g/mol. The van der Waals surface area contributed by atoms with Crippen LogP contribution in [-0.4, -0.2) is 13.3 Å². The van der Waals surface area contributed by atoms with Crippen LogP contribution in [0.5, 0.6) is 0 Å². The van der Waals surface area contributed by atoms with E-state index in [2.05, 4.69) is 49.0 Å². The van der Waals surface area contributed by atoms with Gasteiger partial charge in [-0.2, -0.15) is 0 Å². The second-order valence-electron chi connectivity index (χ2n) is 4.72. The summed E-state index contributed by atoms with van der Waals surface area (Å²) in [6.45, 7) is 4.36. The van der Waals surface area contributed by atoms with Crippen LogP contribution in [0.1, 0.15) is 39.5 Å². The molecule has 0 rings (SSSR count). The molecule has 0 saturated carbocycles. The molecule has 0 aliphatic rings. The summed E-state index contributed by atoms with van der Waals surface area (Å²) in [5.74, 6) is 18.0. The van der Waals surface area contributed by atoms with Crippen LogP contribution in [0.3, 0.4) is 0 Å². The van der Waals surface area contributed by atoms with Crippen LogP contribution < -0.4 is 0 Å². The Hall–Kier alpha value is -0.337. The van der Waals surface area contributed by atoms with Crippen LogP contribution in [0.4, 0.5) is 0 Å². The van der Waals surface area contributed by atoms with Crippen LogP contribution in [0.25, 0.3) is 0 Å². The number of hydrogen-bond donors (Lipinski definition) is 0. The molecule has 0 atom stereocenters. The summed E-state index contributed by atoms with van der Waals surface area (Å²) in [7, 11) is 0. The zero-order valence-corrected chi connectivity index (χ0v) is 12.8. The van der Waals surface area contributed by atoms with E-state index >= 15 is 0 Å². The standard InChI is InChI=1S/C14H24Ge/c1-5-7-9-11-13-15(3,4)14-12-10-8-6-2/h5-8,13-14H2,1-4H3. The predicted octanol–water partition coefficient (Wildman–Crippen LogP) is 4.30. The molecule has 1 heteroatoms. The van der Waals surface area contributed by atoms with E-state index in [1.807, 2.05) is 0 Å². The van der Waals surface area contributed by atoms with E-state index in [9.17, 15) is 0 Å². The van der Waals surface area contributed by atoms with Crippen LogP contribution >= 0.6 is 0 Å². The molecule has 0 aliphatic heterocycles. The molecular formula is C14H24Ge. The van der Waals surface area contributed by atoms with E-state index in [1.54, 1.807) is 0 Å². The topological polar surface area (TPSA) is 0 Å². The molecule has 15 heavy (non-hydrogen) atoms. The van der Waals surface area contributed by atoms with Crippen molar-refractivity contribution in [3.05, 3.63) is 0 Å². The fourth-order valence-electron chi connectivity index (χ4n) is 1.09. The summed E-state index contributed by atoms with van der Waals surface area (Å²) in [5.41, 5.74) is 0. The molecule has 84 valence electrons. The second-order valence-corrected chi connectivity index (χ2v) is 15.3. The van der Waals surface area contributed by atoms with E-state index in [0.29, 0.717) is 0 Å². The summed E-state index contributed by atoms with van der Waals surface area (Å²) < 4.78 is 0. The van der Waals surface area contributed by atoms with E-state index in [4.69, 9.17) is 0 Å². The van der Waals surface area contributed by atoms with Crippen molar-refractivity contribution >= 4 is 13.3 Å². The number of hydrogen-bond acceptors (Lipinski definition) is 0. The molecule has 0 amide bonds. The van der Waals surface area contributed by atoms with Crippen molar-refractivity contribution in [2.24, 2.45) is 0 Å². The molecule has 0 bridgehead atoms. The molecule has 0 N–H and O–H groups in total. The maximum absolute atomic E-state index is 3.33. The van der Waals surface area contributed by atoms with Crippen molar-refractivity contribution in [3.63, 3.8) is 0 Å². The van der Waals surface area contributed by atoms with Crippen molar-refractivity contribution in [1.29, 1.82) is 0 Å². The summed E-state index contributed by atoms with van der Waals surface area (Å²) in [4.78, 5) is 0. The van der Waals surface area contributed by atoms with Gasteiger partial charge < -0.3 is 0 Å². The normalized spacial score (nSPS) is 9.87. The van der Waals surface area contributed by atoms with Crippen molar-refractivity contribution in [1.82, 2.24) is 0 Å². The van der Waals surface area contributed by atoms with Gasteiger partial charge in [-0.3, -0.25) is 0 Å². The number of rotatable bonds is 4. The van der Waals surface area contributed by atoms with Crippen molar-refractivity contribution in [2.75, 3.05) is 0 Å². The van der Waals surface area contributed by atoms with E-state index in [-0.39, 0.29) is 0 Å². The van der Waals surface area contributed by atoms with Crippen LogP contribution in [0.15, 0.2) is 0 Å². The van der Waals surface area contributed by atoms with Gasteiger partial charge in [0.1, 0.15) is 0 Å². The summed E-state index contributed by atoms with van der Waals surface area (Å²) in [6, 6.07) is 0. The Morgan fingerprint density at radius 3 is 1.47 bits per heavy atom. The molecule has 0 nitrogen and oxygen atoms in total. The minimum absolute atomic E-state index is 1.06. The third-order valence-corrected chi connectivity index (χ3v) is 6.89. The van der Waals surface area contributed by atoms with Gasteiger partial charge in [-0.05, 0) is 0 Å². The minimum atomic E-state index is -1.64. The van der Waals surface area contributed by atoms with E-state index in [1.165, 1.54) is 12.8 Å². The van der Waals surface area contributed by atoms with Gasteiger partial charge in [0.2, 0.25) is 0 Å². The summed E-state index contributed by atoms with van der Waals surface area (Å²) in [5, 5.41) is 2.31. The molecule has 0 aliphatic carbocycles. The molecule has 0 aromatic heterocycles. The van der Waals surface area contributed by atoms with Gasteiger partial charge in [-0.25, -0.2) is 0 Å². The third kappa shape index (κ3) is 9.96. The zero-order valence-electron chi connectivity index (χ0n) is 10.7. The first-order valence-electron chi connectivity index (χ1n) is 6.04. The molecule has 0 spiro atoms. The Bertz CT molecular complexity index is 239. The van der Waals surface area contributed by atoms with Gasteiger partial charge in [0.05, 0.1) is 0 Å². The molecule has 0 heterocycles. The molecule has 0 aromatic rings. The van der Waals surface area contributed by atoms with Crippen LogP contribution in [0.2, 0.25) is 22.0 Å². The van der Waals surface area contributed by atoms with Gasteiger partial charge in [-0.15, -0.1) is 0 Å². The van der Waals surface area contributed by atoms with E-state index in [0.717, 1.165) is 23.3 Å². The molecule has 0 aromatic carbocycles. The SMILES string of the molecule is CCCC#C[CH2][Ge]([CH3])([CH3])[CH2]C#CCCC. The van der Waals surface area contributed by atoms with E-state index < -0.39 is 13.3 Å². The first kappa shape index (κ1) is 14.7. The second kappa shape index (κ2) is 8.93. The fourth-order valence-corrected chi connectivity index (χ4v) is 3.89. The Labute approximate surface area is 98.6 Å². The molecule has 0 radical (unpaired) electrons.